The molecule has 2 atom stereocenters. The summed E-state index contributed by atoms with van der Waals surface area (Å²) in [7, 11) is 0. The van der Waals surface area contributed by atoms with Crippen LogP contribution in [0.3, 0.4) is 0 Å². The highest BCUT2D eigenvalue weighted by molar-refractivity contribution is 5.94. The maximum absolute atomic E-state index is 11.3. The number of carbonyl (C=O) groups is 1. The Morgan fingerprint density at radius 2 is 2.17 bits per heavy atom. The van der Waals surface area contributed by atoms with Gasteiger partial charge in [-0.1, -0.05) is 39.2 Å². The first-order valence-electron chi connectivity index (χ1n) is 4.97. The fraction of sp³-hybridized carbons (Fsp3) is 0.727. The lowest BCUT2D eigenvalue weighted by molar-refractivity contribution is -0.118. The van der Waals surface area contributed by atoms with E-state index in [0.717, 1.165) is 6.42 Å². The number of ketones is 1. The van der Waals surface area contributed by atoms with Gasteiger partial charge in [0.1, 0.15) is 0 Å². The SMILES string of the molecule is CCCCCC1C(=O)C=CC1C. The van der Waals surface area contributed by atoms with Gasteiger partial charge in [0, 0.05) is 5.92 Å². The first-order chi connectivity index (χ1) is 5.75. The second-order valence-corrected chi connectivity index (χ2v) is 3.72. The zero-order valence-electron chi connectivity index (χ0n) is 8.05. The minimum absolute atomic E-state index is 0.302. The van der Waals surface area contributed by atoms with Gasteiger partial charge in [0.25, 0.3) is 0 Å². The second-order valence-electron chi connectivity index (χ2n) is 3.72. The van der Waals surface area contributed by atoms with E-state index >= 15 is 0 Å². The van der Waals surface area contributed by atoms with E-state index in [1.54, 1.807) is 6.08 Å². The van der Waals surface area contributed by atoms with E-state index in [2.05, 4.69) is 13.8 Å². The van der Waals surface area contributed by atoms with Crippen LogP contribution in [0.25, 0.3) is 0 Å². The molecule has 0 bridgehead atoms. The lowest BCUT2D eigenvalue weighted by Gasteiger charge is -2.12. The van der Waals surface area contributed by atoms with Gasteiger partial charge in [-0.3, -0.25) is 4.79 Å². The second kappa shape index (κ2) is 4.44. The standard InChI is InChI=1S/C11H18O/c1-3-4-5-6-10-9(2)7-8-11(10)12/h7-10H,3-6H2,1-2H3. The number of carbonyl (C=O) groups excluding carboxylic acids is 1. The summed E-state index contributed by atoms with van der Waals surface area (Å²) in [4.78, 5) is 11.3. The van der Waals surface area contributed by atoms with Gasteiger partial charge in [0.2, 0.25) is 0 Å². The van der Waals surface area contributed by atoms with Crippen molar-refractivity contribution in [2.45, 2.75) is 39.5 Å². The molecule has 0 saturated heterocycles. The van der Waals surface area contributed by atoms with E-state index in [9.17, 15) is 4.79 Å². The summed E-state index contributed by atoms with van der Waals surface area (Å²) in [5.74, 6) is 1.13. The van der Waals surface area contributed by atoms with Crippen molar-refractivity contribution in [3.05, 3.63) is 12.2 Å². The summed E-state index contributed by atoms with van der Waals surface area (Å²) in [6.45, 7) is 4.33. The van der Waals surface area contributed by atoms with Crippen molar-refractivity contribution in [1.82, 2.24) is 0 Å². The van der Waals surface area contributed by atoms with Crippen LogP contribution in [0.5, 0.6) is 0 Å². The summed E-state index contributed by atoms with van der Waals surface area (Å²) in [5.41, 5.74) is 0. The average Bonchev–Trinajstić information content (AvgIpc) is 2.35. The van der Waals surface area contributed by atoms with Gasteiger partial charge in [-0.05, 0) is 18.4 Å². The smallest absolute Gasteiger partial charge is 0.159 e. The van der Waals surface area contributed by atoms with E-state index in [4.69, 9.17) is 0 Å². The lowest BCUT2D eigenvalue weighted by Crippen LogP contribution is -2.13. The van der Waals surface area contributed by atoms with Crippen LogP contribution in [-0.4, -0.2) is 5.78 Å². The number of hydrogen-bond donors (Lipinski definition) is 0. The van der Waals surface area contributed by atoms with Crippen LogP contribution in [0.2, 0.25) is 0 Å². The number of hydrogen-bond acceptors (Lipinski definition) is 1. The van der Waals surface area contributed by atoms with Gasteiger partial charge in [-0.2, -0.15) is 0 Å². The molecular formula is C11H18O. The molecule has 1 aliphatic carbocycles. The van der Waals surface area contributed by atoms with Crippen LogP contribution in [0, 0.1) is 11.8 Å². The summed E-state index contributed by atoms with van der Waals surface area (Å²) in [6.07, 6.45) is 8.58. The quantitative estimate of drug-likeness (QED) is 0.587. The molecule has 0 aliphatic heterocycles. The third-order valence-electron chi connectivity index (χ3n) is 2.68. The maximum Gasteiger partial charge on any atom is 0.159 e. The van der Waals surface area contributed by atoms with Crippen LogP contribution in [0.15, 0.2) is 12.2 Å². The Balaban J connectivity index is 2.28. The maximum atomic E-state index is 11.3. The molecule has 1 aliphatic rings. The Morgan fingerprint density at radius 1 is 1.42 bits per heavy atom. The van der Waals surface area contributed by atoms with Gasteiger partial charge < -0.3 is 0 Å². The monoisotopic (exact) mass is 166 g/mol. The summed E-state index contributed by atoms with van der Waals surface area (Å²) < 4.78 is 0. The van der Waals surface area contributed by atoms with Crippen LogP contribution in [-0.2, 0) is 4.79 Å². The van der Waals surface area contributed by atoms with Gasteiger partial charge in [-0.25, -0.2) is 0 Å². The van der Waals surface area contributed by atoms with Crippen LogP contribution < -0.4 is 0 Å². The highest BCUT2D eigenvalue weighted by Crippen LogP contribution is 2.26. The molecule has 12 heavy (non-hydrogen) atoms. The molecule has 0 spiro atoms. The van der Waals surface area contributed by atoms with Crippen molar-refractivity contribution in [2.75, 3.05) is 0 Å². The van der Waals surface area contributed by atoms with E-state index in [0.29, 0.717) is 17.6 Å². The Hall–Kier alpha value is -0.590. The molecular weight excluding hydrogens is 148 g/mol. The Labute approximate surface area is 74.9 Å². The Morgan fingerprint density at radius 3 is 2.67 bits per heavy atom. The first-order valence-corrected chi connectivity index (χ1v) is 4.97. The van der Waals surface area contributed by atoms with Crippen LogP contribution in [0.1, 0.15) is 39.5 Å². The average molecular weight is 166 g/mol. The zero-order valence-corrected chi connectivity index (χ0v) is 8.05. The normalized spacial score (nSPS) is 28.3. The molecule has 1 rings (SSSR count). The van der Waals surface area contributed by atoms with Crippen molar-refractivity contribution in [3.63, 3.8) is 0 Å². The predicted octanol–water partition coefficient (Wildman–Crippen LogP) is 2.96. The van der Waals surface area contributed by atoms with Crippen LogP contribution in [0.4, 0.5) is 0 Å². The molecule has 0 aromatic rings. The molecule has 2 unspecified atom stereocenters. The molecule has 1 nitrogen and oxygen atoms in total. The Kier molecular flexibility index (Phi) is 3.51. The molecule has 0 radical (unpaired) electrons. The van der Waals surface area contributed by atoms with Crippen molar-refractivity contribution >= 4 is 5.78 Å². The van der Waals surface area contributed by atoms with Gasteiger partial charge >= 0.3 is 0 Å². The molecule has 0 saturated carbocycles. The fourth-order valence-electron chi connectivity index (χ4n) is 1.78. The van der Waals surface area contributed by atoms with Crippen molar-refractivity contribution in [1.29, 1.82) is 0 Å². The molecule has 68 valence electrons. The van der Waals surface area contributed by atoms with Crippen molar-refractivity contribution in [2.24, 2.45) is 11.8 Å². The predicted molar refractivity (Wildman–Crippen MR) is 50.9 cm³/mol. The van der Waals surface area contributed by atoms with Gasteiger partial charge in [-0.15, -0.1) is 0 Å². The van der Waals surface area contributed by atoms with Gasteiger partial charge in [0.15, 0.2) is 5.78 Å². The number of allylic oxidation sites excluding steroid dienone is 2. The highest BCUT2D eigenvalue weighted by Gasteiger charge is 2.25. The van der Waals surface area contributed by atoms with E-state index in [-0.39, 0.29) is 0 Å². The third kappa shape index (κ3) is 2.20. The molecule has 0 aromatic carbocycles. The minimum atomic E-state index is 0.302. The van der Waals surface area contributed by atoms with Crippen molar-refractivity contribution in [3.8, 4) is 0 Å². The van der Waals surface area contributed by atoms with Crippen molar-refractivity contribution < 1.29 is 4.79 Å². The number of unbranched alkanes of at least 4 members (excludes halogenated alkanes) is 2. The number of rotatable bonds is 4. The largest absolute Gasteiger partial charge is 0.295 e. The molecule has 0 amide bonds. The minimum Gasteiger partial charge on any atom is -0.295 e. The van der Waals surface area contributed by atoms with Crippen LogP contribution >= 0.6 is 0 Å². The summed E-state index contributed by atoms with van der Waals surface area (Å²) in [5, 5.41) is 0. The zero-order chi connectivity index (χ0) is 8.97. The molecule has 0 fully saturated rings. The highest BCUT2D eigenvalue weighted by atomic mass is 16.1. The molecule has 1 heteroatoms. The topological polar surface area (TPSA) is 17.1 Å². The first kappa shape index (κ1) is 9.50. The van der Waals surface area contributed by atoms with E-state index < -0.39 is 0 Å². The molecule has 0 N–H and O–H groups in total. The molecule has 0 aromatic heterocycles. The van der Waals surface area contributed by atoms with E-state index in [1.807, 2.05) is 6.08 Å². The van der Waals surface area contributed by atoms with Gasteiger partial charge in [0.05, 0.1) is 0 Å². The molecule has 0 heterocycles. The third-order valence-corrected chi connectivity index (χ3v) is 2.68. The summed E-state index contributed by atoms with van der Waals surface area (Å²) in [6, 6.07) is 0. The lowest BCUT2D eigenvalue weighted by atomic mass is 9.91. The van der Waals surface area contributed by atoms with E-state index in [1.165, 1.54) is 19.3 Å². The summed E-state index contributed by atoms with van der Waals surface area (Å²) >= 11 is 0. The Bertz CT molecular complexity index is 181. The fourth-order valence-corrected chi connectivity index (χ4v) is 1.78.